The van der Waals surface area contributed by atoms with E-state index in [4.69, 9.17) is 9.47 Å². The Hall–Kier alpha value is -1.91. The predicted octanol–water partition coefficient (Wildman–Crippen LogP) is 2.02. The summed E-state index contributed by atoms with van der Waals surface area (Å²) in [7, 11) is 1.66. The highest BCUT2D eigenvalue weighted by Gasteiger charge is 2.24. The molecule has 1 atom stereocenters. The van der Waals surface area contributed by atoms with E-state index in [2.05, 4.69) is 16.3 Å². The number of alkyl carbamates (subject to hydrolysis) is 1. The average molecular weight is 264 g/mol. The summed E-state index contributed by atoms with van der Waals surface area (Å²) in [4.78, 5) is 13.6. The van der Waals surface area contributed by atoms with Crippen LogP contribution in [0.3, 0.4) is 0 Å². The van der Waals surface area contributed by atoms with Gasteiger partial charge in [-0.05, 0) is 25.5 Å². The molecule has 104 valence electrons. The largest absolute Gasteiger partial charge is 0.497 e. The second-order valence-corrected chi connectivity index (χ2v) is 4.50. The number of benzene rings is 1. The maximum atomic E-state index is 11.4. The Kier molecular flexibility index (Phi) is 4.49. The zero-order valence-electron chi connectivity index (χ0n) is 11.4. The molecule has 5 heteroatoms. The molecule has 1 aromatic carbocycles. The summed E-state index contributed by atoms with van der Waals surface area (Å²) in [5.41, 5.74) is 1.12. The van der Waals surface area contributed by atoms with Crippen molar-refractivity contribution in [1.29, 1.82) is 0 Å². The van der Waals surface area contributed by atoms with Crippen molar-refractivity contribution >= 4 is 11.8 Å². The second kappa shape index (κ2) is 6.31. The fourth-order valence-corrected chi connectivity index (χ4v) is 2.26. The number of nitrogens with zero attached hydrogens (tertiary/aromatic N) is 1. The van der Waals surface area contributed by atoms with Gasteiger partial charge in [-0.1, -0.05) is 6.07 Å². The van der Waals surface area contributed by atoms with Gasteiger partial charge in [-0.2, -0.15) is 0 Å². The highest BCUT2D eigenvalue weighted by molar-refractivity contribution is 5.68. The topological polar surface area (TPSA) is 50.8 Å². The first-order valence-corrected chi connectivity index (χ1v) is 6.55. The molecule has 0 radical (unpaired) electrons. The molecule has 2 rings (SSSR count). The molecule has 1 fully saturated rings. The van der Waals surface area contributed by atoms with Gasteiger partial charge in [0.1, 0.15) is 5.75 Å². The molecule has 0 aliphatic carbocycles. The minimum absolute atomic E-state index is 0.144. The monoisotopic (exact) mass is 264 g/mol. The summed E-state index contributed by atoms with van der Waals surface area (Å²) in [5, 5.41) is 2.87. The summed E-state index contributed by atoms with van der Waals surface area (Å²) in [6.45, 7) is 3.92. The quantitative estimate of drug-likeness (QED) is 0.904. The van der Waals surface area contributed by atoms with E-state index in [1.165, 1.54) is 0 Å². The Morgan fingerprint density at radius 2 is 2.37 bits per heavy atom. The number of carbonyl (C=O) groups is 1. The molecule has 1 aliphatic rings. The summed E-state index contributed by atoms with van der Waals surface area (Å²) < 4.78 is 10.1. The molecule has 1 heterocycles. The molecular formula is C14H20N2O3. The molecule has 1 aromatic rings. The van der Waals surface area contributed by atoms with Gasteiger partial charge in [0, 0.05) is 24.8 Å². The smallest absolute Gasteiger partial charge is 0.407 e. The number of rotatable bonds is 4. The zero-order chi connectivity index (χ0) is 13.7. The van der Waals surface area contributed by atoms with Gasteiger partial charge in [-0.15, -0.1) is 0 Å². The van der Waals surface area contributed by atoms with Crippen LogP contribution in [0.5, 0.6) is 5.75 Å². The van der Waals surface area contributed by atoms with Crippen LogP contribution in [0.15, 0.2) is 24.3 Å². The summed E-state index contributed by atoms with van der Waals surface area (Å²) >= 11 is 0. The van der Waals surface area contributed by atoms with Crippen molar-refractivity contribution in [2.45, 2.75) is 19.4 Å². The van der Waals surface area contributed by atoms with Crippen molar-refractivity contribution in [2.75, 3.05) is 31.7 Å². The van der Waals surface area contributed by atoms with Crippen LogP contribution in [0.1, 0.15) is 13.3 Å². The van der Waals surface area contributed by atoms with Gasteiger partial charge in [0.2, 0.25) is 0 Å². The molecule has 1 saturated heterocycles. The summed E-state index contributed by atoms with van der Waals surface area (Å²) in [5.74, 6) is 0.847. The van der Waals surface area contributed by atoms with Gasteiger partial charge >= 0.3 is 6.09 Å². The third kappa shape index (κ3) is 3.53. The highest BCUT2D eigenvalue weighted by atomic mass is 16.5. The van der Waals surface area contributed by atoms with Crippen LogP contribution in [-0.4, -0.2) is 38.9 Å². The van der Waals surface area contributed by atoms with E-state index in [9.17, 15) is 4.79 Å². The standard InChI is InChI=1S/C14H20N2O3/c1-3-19-14(17)15-11-7-8-16(10-11)12-5-4-6-13(9-12)18-2/h4-6,9,11H,3,7-8,10H2,1-2H3,(H,15,17)/t11-/m0/s1. The number of hydrogen-bond donors (Lipinski definition) is 1. The predicted molar refractivity (Wildman–Crippen MR) is 73.8 cm³/mol. The molecule has 0 aromatic heterocycles. The highest BCUT2D eigenvalue weighted by Crippen LogP contribution is 2.24. The average Bonchev–Trinajstić information content (AvgIpc) is 2.87. The number of ether oxygens (including phenoxy) is 2. The van der Waals surface area contributed by atoms with Crippen LogP contribution in [0, 0.1) is 0 Å². The number of nitrogens with one attached hydrogen (secondary N) is 1. The van der Waals surface area contributed by atoms with Crippen LogP contribution in [0.2, 0.25) is 0 Å². The van der Waals surface area contributed by atoms with Crippen LogP contribution in [-0.2, 0) is 4.74 Å². The van der Waals surface area contributed by atoms with Crippen LogP contribution in [0.4, 0.5) is 10.5 Å². The third-order valence-corrected chi connectivity index (χ3v) is 3.20. The van der Waals surface area contributed by atoms with Crippen LogP contribution >= 0.6 is 0 Å². The van der Waals surface area contributed by atoms with Gasteiger partial charge in [-0.25, -0.2) is 4.79 Å². The van der Waals surface area contributed by atoms with Crippen LogP contribution in [0.25, 0.3) is 0 Å². The number of anilines is 1. The maximum absolute atomic E-state index is 11.4. The van der Waals surface area contributed by atoms with Gasteiger partial charge in [0.15, 0.2) is 0 Å². The molecular weight excluding hydrogens is 244 g/mol. The van der Waals surface area contributed by atoms with Gasteiger partial charge in [0.05, 0.1) is 19.8 Å². The van der Waals surface area contributed by atoms with E-state index in [-0.39, 0.29) is 12.1 Å². The van der Waals surface area contributed by atoms with Crippen molar-refractivity contribution in [3.8, 4) is 5.75 Å². The summed E-state index contributed by atoms with van der Waals surface area (Å²) in [6.07, 6.45) is 0.593. The molecule has 1 aliphatic heterocycles. The molecule has 5 nitrogen and oxygen atoms in total. The first kappa shape index (κ1) is 13.5. The fraction of sp³-hybridized carbons (Fsp3) is 0.500. The first-order chi connectivity index (χ1) is 9.22. The Morgan fingerprint density at radius 3 is 3.11 bits per heavy atom. The number of carbonyl (C=O) groups excluding carboxylic acids is 1. The van der Waals surface area contributed by atoms with Crippen molar-refractivity contribution in [1.82, 2.24) is 5.32 Å². The molecule has 0 bridgehead atoms. The van der Waals surface area contributed by atoms with E-state index in [0.29, 0.717) is 6.61 Å². The van der Waals surface area contributed by atoms with Gasteiger partial charge in [-0.3, -0.25) is 0 Å². The molecule has 0 spiro atoms. The van der Waals surface area contributed by atoms with E-state index >= 15 is 0 Å². The van der Waals surface area contributed by atoms with Crippen LogP contribution < -0.4 is 15.0 Å². The Labute approximate surface area is 113 Å². The summed E-state index contributed by atoms with van der Waals surface area (Å²) in [6, 6.07) is 8.10. The Bertz CT molecular complexity index is 436. The SMILES string of the molecule is CCOC(=O)N[C@H]1CCN(c2cccc(OC)c2)C1. The van der Waals surface area contributed by atoms with E-state index < -0.39 is 0 Å². The normalized spacial score (nSPS) is 18.2. The fourth-order valence-electron chi connectivity index (χ4n) is 2.26. The minimum Gasteiger partial charge on any atom is -0.497 e. The molecule has 1 N–H and O–H groups in total. The number of hydrogen-bond acceptors (Lipinski definition) is 4. The molecule has 1 amide bonds. The van der Waals surface area contributed by atoms with Crippen molar-refractivity contribution in [3.63, 3.8) is 0 Å². The molecule has 19 heavy (non-hydrogen) atoms. The van der Waals surface area contributed by atoms with E-state index in [1.807, 2.05) is 18.2 Å². The zero-order valence-corrected chi connectivity index (χ0v) is 11.4. The van der Waals surface area contributed by atoms with Crippen molar-refractivity contribution in [2.24, 2.45) is 0 Å². The first-order valence-electron chi connectivity index (χ1n) is 6.55. The van der Waals surface area contributed by atoms with Gasteiger partial charge in [0.25, 0.3) is 0 Å². The lowest BCUT2D eigenvalue weighted by Crippen LogP contribution is -2.37. The second-order valence-electron chi connectivity index (χ2n) is 4.50. The Balaban J connectivity index is 1.92. The number of amides is 1. The van der Waals surface area contributed by atoms with Crippen molar-refractivity contribution < 1.29 is 14.3 Å². The minimum atomic E-state index is -0.333. The van der Waals surface area contributed by atoms with Gasteiger partial charge < -0.3 is 19.7 Å². The lowest BCUT2D eigenvalue weighted by molar-refractivity contribution is 0.149. The molecule has 0 unspecified atom stereocenters. The Morgan fingerprint density at radius 1 is 1.53 bits per heavy atom. The molecule has 0 saturated carbocycles. The van der Waals surface area contributed by atoms with Crippen molar-refractivity contribution in [3.05, 3.63) is 24.3 Å². The maximum Gasteiger partial charge on any atom is 0.407 e. The lowest BCUT2D eigenvalue weighted by atomic mass is 10.2. The van der Waals surface area contributed by atoms with E-state index in [1.54, 1.807) is 14.0 Å². The number of methoxy groups -OCH3 is 1. The third-order valence-electron chi connectivity index (χ3n) is 3.20. The van der Waals surface area contributed by atoms with E-state index in [0.717, 1.165) is 30.9 Å². The lowest BCUT2D eigenvalue weighted by Gasteiger charge is -2.19.